The lowest BCUT2D eigenvalue weighted by atomic mass is 9.99. The summed E-state index contributed by atoms with van der Waals surface area (Å²) in [5, 5.41) is 3.00. The number of piperidine rings is 1. The van der Waals surface area contributed by atoms with Gasteiger partial charge in [0.05, 0.1) is 30.4 Å². The minimum atomic E-state index is -0.690. The molecule has 1 heterocycles. The number of likely N-dealkylation sites (tertiary alicyclic amines) is 1. The Morgan fingerprint density at radius 2 is 1.90 bits per heavy atom. The standard InChI is InChI=1S/C22H28N4O4/c1-29-19-11-17(23)15(10-16(19)21(24)27)22(28)25-18-8-9-26(13-20(18)30-2)12-14-6-4-3-5-7-14/h3-7,10-11,18,20H,8-9,12-13,23H2,1-2H3,(H2,24,27)(H,25,28). The molecular weight excluding hydrogens is 384 g/mol. The number of carbonyl (C=O) groups is 2. The van der Waals surface area contributed by atoms with Crippen LogP contribution in [0.1, 0.15) is 32.7 Å². The van der Waals surface area contributed by atoms with E-state index < -0.39 is 5.91 Å². The van der Waals surface area contributed by atoms with Crippen molar-refractivity contribution in [3.8, 4) is 5.75 Å². The molecule has 8 nitrogen and oxygen atoms in total. The number of nitrogens with one attached hydrogen (secondary N) is 1. The molecule has 2 unspecified atom stereocenters. The van der Waals surface area contributed by atoms with Crippen LogP contribution >= 0.6 is 0 Å². The van der Waals surface area contributed by atoms with Gasteiger partial charge in [-0.2, -0.15) is 0 Å². The molecule has 1 aliphatic heterocycles. The second-order valence-electron chi connectivity index (χ2n) is 7.37. The number of hydrogen-bond donors (Lipinski definition) is 3. The average molecular weight is 412 g/mol. The molecule has 1 fully saturated rings. The third kappa shape index (κ3) is 4.90. The number of nitrogens with zero attached hydrogens (tertiary/aromatic N) is 1. The van der Waals surface area contributed by atoms with Gasteiger partial charge in [0.25, 0.3) is 11.8 Å². The first-order valence-electron chi connectivity index (χ1n) is 9.80. The zero-order valence-electron chi connectivity index (χ0n) is 17.3. The van der Waals surface area contributed by atoms with Gasteiger partial charge in [0, 0.05) is 38.5 Å². The van der Waals surface area contributed by atoms with Crippen LogP contribution in [0.15, 0.2) is 42.5 Å². The minimum Gasteiger partial charge on any atom is -0.496 e. The number of methoxy groups -OCH3 is 2. The predicted octanol–water partition coefficient (Wildman–Crippen LogP) is 1.40. The highest BCUT2D eigenvalue weighted by Crippen LogP contribution is 2.26. The normalized spacial score (nSPS) is 19.3. The number of hydrogen-bond acceptors (Lipinski definition) is 6. The largest absolute Gasteiger partial charge is 0.496 e. The molecule has 0 radical (unpaired) electrons. The maximum absolute atomic E-state index is 12.9. The van der Waals surface area contributed by atoms with Gasteiger partial charge in [0.15, 0.2) is 0 Å². The molecule has 30 heavy (non-hydrogen) atoms. The monoisotopic (exact) mass is 412 g/mol. The molecule has 1 aliphatic rings. The molecule has 2 aromatic carbocycles. The van der Waals surface area contributed by atoms with E-state index in [4.69, 9.17) is 20.9 Å². The number of nitrogens with two attached hydrogens (primary N) is 2. The summed E-state index contributed by atoms with van der Waals surface area (Å²) in [5.74, 6) is -0.827. The molecule has 3 rings (SSSR count). The molecule has 1 saturated heterocycles. The molecule has 0 saturated carbocycles. The summed E-state index contributed by atoms with van der Waals surface area (Å²) in [5.41, 5.74) is 13.2. The van der Waals surface area contributed by atoms with Crippen molar-refractivity contribution in [3.05, 3.63) is 59.2 Å². The molecule has 0 bridgehead atoms. The van der Waals surface area contributed by atoms with E-state index >= 15 is 0 Å². The van der Waals surface area contributed by atoms with Crippen molar-refractivity contribution in [1.29, 1.82) is 0 Å². The molecule has 0 aliphatic carbocycles. The molecule has 160 valence electrons. The highest BCUT2D eigenvalue weighted by Gasteiger charge is 2.31. The number of carbonyl (C=O) groups excluding carboxylic acids is 2. The molecular formula is C22H28N4O4. The first-order valence-corrected chi connectivity index (χ1v) is 9.80. The lowest BCUT2D eigenvalue weighted by Crippen LogP contribution is -2.54. The van der Waals surface area contributed by atoms with E-state index in [1.165, 1.54) is 24.8 Å². The van der Waals surface area contributed by atoms with Crippen LogP contribution in [0.3, 0.4) is 0 Å². The van der Waals surface area contributed by atoms with E-state index in [0.29, 0.717) is 6.54 Å². The van der Waals surface area contributed by atoms with Crippen molar-refractivity contribution in [2.45, 2.75) is 25.1 Å². The Morgan fingerprint density at radius 3 is 2.53 bits per heavy atom. The summed E-state index contributed by atoms with van der Waals surface area (Å²) >= 11 is 0. The van der Waals surface area contributed by atoms with Crippen LogP contribution in [0.25, 0.3) is 0 Å². The van der Waals surface area contributed by atoms with Gasteiger partial charge >= 0.3 is 0 Å². The fraction of sp³-hybridized carbons (Fsp3) is 0.364. The second kappa shape index (κ2) is 9.60. The lowest BCUT2D eigenvalue weighted by molar-refractivity contribution is 0.00391. The fourth-order valence-corrected chi connectivity index (χ4v) is 3.77. The van der Waals surface area contributed by atoms with Crippen LogP contribution in [-0.2, 0) is 11.3 Å². The van der Waals surface area contributed by atoms with E-state index in [-0.39, 0.29) is 40.6 Å². The summed E-state index contributed by atoms with van der Waals surface area (Å²) < 4.78 is 10.8. The zero-order chi connectivity index (χ0) is 21.7. The van der Waals surface area contributed by atoms with Crippen LogP contribution in [0.4, 0.5) is 5.69 Å². The number of benzene rings is 2. The molecule has 2 atom stereocenters. The van der Waals surface area contributed by atoms with Crippen molar-refractivity contribution in [2.75, 3.05) is 33.0 Å². The van der Waals surface area contributed by atoms with Gasteiger partial charge < -0.3 is 26.3 Å². The number of ether oxygens (including phenoxy) is 2. The maximum Gasteiger partial charge on any atom is 0.253 e. The Bertz CT molecular complexity index is 904. The van der Waals surface area contributed by atoms with Crippen molar-refractivity contribution < 1.29 is 19.1 Å². The van der Waals surface area contributed by atoms with Crippen molar-refractivity contribution >= 4 is 17.5 Å². The molecule has 2 amide bonds. The van der Waals surface area contributed by atoms with Crippen molar-refractivity contribution in [2.24, 2.45) is 5.73 Å². The Labute approximate surface area is 176 Å². The second-order valence-corrected chi connectivity index (χ2v) is 7.37. The smallest absolute Gasteiger partial charge is 0.253 e. The lowest BCUT2D eigenvalue weighted by Gasteiger charge is -2.38. The van der Waals surface area contributed by atoms with Crippen LogP contribution in [0, 0.1) is 0 Å². The van der Waals surface area contributed by atoms with Crippen LogP contribution in [0.5, 0.6) is 5.75 Å². The third-order valence-corrected chi connectivity index (χ3v) is 5.39. The first kappa shape index (κ1) is 21.6. The predicted molar refractivity (Wildman–Crippen MR) is 114 cm³/mol. The van der Waals surface area contributed by atoms with Gasteiger partial charge in [0.2, 0.25) is 0 Å². The van der Waals surface area contributed by atoms with E-state index in [0.717, 1.165) is 19.5 Å². The number of nitrogen functional groups attached to an aromatic ring is 1. The molecule has 0 spiro atoms. The van der Waals surface area contributed by atoms with Gasteiger partial charge in [0.1, 0.15) is 5.75 Å². The summed E-state index contributed by atoms with van der Waals surface area (Å²) in [4.78, 5) is 26.9. The highest BCUT2D eigenvalue weighted by atomic mass is 16.5. The average Bonchev–Trinajstić information content (AvgIpc) is 2.74. The Kier molecular flexibility index (Phi) is 6.91. The van der Waals surface area contributed by atoms with Gasteiger partial charge in [-0.25, -0.2) is 0 Å². The molecule has 5 N–H and O–H groups in total. The first-order chi connectivity index (χ1) is 14.4. The third-order valence-electron chi connectivity index (χ3n) is 5.39. The van der Waals surface area contributed by atoms with Gasteiger partial charge in [-0.05, 0) is 18.1 Å². The summed E-state index contributed by atoms with van der Waals surface area (Å²) in [6.07, 6.45) is 0.567. The number of amides is 2. The summed E-state index contributed by atoms with van der Waals surface area (Å²) in [6.45, 7) is 2.35. The van der Waals surface area contributed by atoms with Gasteiger partial charge in [-0.1, -0.05) is 30.3 Å². The molecule has 2 aromatic rings. The Morgan fingerprint density at radius 1 is 1.17 bits per heavy atom. The van der Waals surface area contributed by atoms with Crippen molar-refractivity contribution in [3.63, 3.8) is 0 Å². The minimum absolute atomic E-state index is 0.109. The Balaban J connectivity index is 1.69. The van der Waals surface area contributed by atoms with Gasteiger partial charge in [-0.15, -0.1) is 0 Å². The number of primary amides is 1. The highest BCUT2D eigenvalue weighted by molar-refractivity contribution is 6.04. The quantitative estimate of drug-likeness (QED) is 0.591. The Hall–Kier alpha value is -3.10. The van der Waals surface area contributed by atoms with E-state index in [1.807, 2.05) is 18.2 Å². The number of anilines is 1. The topological polar surface area (TPSA) is 120 Å². The van der Waals surface area contributed by atoms with Crippen molar-refractivity contribution in [1.82, 2.24) is 10.2 Å². The van der Waals surface area contributed by atoms with Crippen LogP contribution < -0.4 is 21.5 Å². The zero-order valence-corrected chi connectivity index (χ0v) is 17.3. The number of rotatable bonds is 7. The van der Waals surface area contributed by atoms with Crippen LogP contribution in [-0.4, -0.2) is 56.2 Å². The molecule has 8 heteroatoms. The van der Waals surface area contributed by atoms with E-state index in [9.17, 15) is 9.59 Å². The molecule has 0 aromatic heterocycles. The van der Waals surface area contributed by atoms with Gasteiger partial charge in [-0.3, -0.25) is 14.5 Å². The fourth-order valence-electron chi connectivity index (χ4n) is 3.77. The summed E-state index contributed by atoms with van der Waals surface area (Å²) in [7, 11) is 3.05. The van der Waals surface area contributed by atoms with E-state index in [2.05, 4.69) is 22.3 Å². The van der Waals surface area contributed by atoms with Crippen LogP contribution in [0.2, 0.25) is 0 Å². The maximum atomic E-state index is 12.9. The summed E-state index contributed by atoms with van der Waals surface area (Å²) in [6, 6.07) is 12.9. The SMILES string of the molecule is COc1cc(N)c(C(=O)NC2CCN(Cc3ccccc3)CC2OC)cc1C(N)=O. The van der Waals surface area contributed by atoms with E-state index in [1.54, 1.807) is 7.11 Å².